The average molecular weight is 432 g/mol. The molecule has 4 rings (SSSR count). The number of hydrogen-bond donors (Lipinski definition) is 2. The van der Waals surface area contributed by atoms with E-state index in [0.29, 0.717) is 17.3 Å². The predicted octanol–water partition coefficient (Wildman–Crippen LogP) is 6.07. The monoisotopic (exact) mass is 431 g/mol. The third-order valence-corrected chi connectivity index (χ3v) is 4.36. The van der Waals surface area contributed by atoms with Gasteiger partial charge >= 0.3 is 6.18 Å². The molecule has 0 saturated carbocycles. The fourth-order valence-electron chi connectivity index (χ4n) is 2.62. The first-order chi connectivity index (χ1) is 14.4. The summed E-state index contributed by atoms with van der Waals surface area (Å²) in [5.74, 6) is 1.85. The number of ether oxygens (including phenoxy) is 1. The van der Waals surface area contributed by atoms with E-state index in [0.717, 1.165) is 11.6 Å². The second kappa shape index (κ2) is 8.03. The van der Waals surface area contributed by atoms with Gasteiger partial charge in [-0.2, -0.15) is 18.2 Å². The maximum Gasteiger partial charge on any atom is 0.417 e. The van der Waals surface area contributed by atoms with Crippen molar-refractivity contribution in [3.63, 3.8) is 0 Å². The first-order valence-corrected chi connectivity index (χ1v) is 9.01. The van der Waals surface area contributed by atoms with Crippen molar-refractivity contribution in [2.45, 2.75) is 6.18 Å². The van der Waals surface area contributed by atoms with Crippen LogP contribution in [0.5, 0.6) is 11.5 Å². The first-order valence-electron chi connectivity index (χ1n) is 8.63. The van der Waals surface area contributed by atoms with E-state index < -0.39 is 11.7 Å². The van der Waals surface area contributed by atoms with Gasteiger partial charge in [-0.05, 0) is 54.6 Å². The van der Waals surface area contributed by atoms with E-state index in [1.807, 2.05) is 0 Å². The van der Waals surface area contributed by atoms with E-state index in [2.05, 4.69) is 25.5 Å². The summed E-state index contributed by atoms with van der Waals surface area (Å²) in [7, 11) is 0. The molecule has 2 aromatic heterocycles. The minimum Gasteiger partial charge on any atom is -0.457 e. The van der Waals surface area contributed by atoms with Gasteiger partial charge in [-0.3, -0.25) is 10.1 Å². The van der Waals surface area contributed by atoms with Crippen LogP contribution in [0.4, 0.5) is 24.8 Å². The highest BCUT2D eigenvalue weighted by Crippen LogP contribution is 2.36. The zero-order valence-electron chi connectivity index (χ0n) is 15.1. The molecule has 0 aliphatic carbocycles. The standard InChI is InChI=1S/C20H13ClF3N5O/c21-17-6-3-13(11-16(17)20(22,23)24)26-19-27-18(28-29-19)12-1-4-14(5-2-12)30-15-7-9-25-10-8-15/h1-11H,(H2,26,27,28,29). The zero-order chi connectivity index (χ0) is 21.1. The summed E-state index contributed by atoms with van der Waals surface area (Å²) in [6.45, 7) is 0. The fraction of sp³-hybridized carbons (Fsp3) is 0.0500. The van der Waals surface area contributed by atoms with Crippen LogP contribution in [-0.4, -0.2) is 20.2 Å². The van der Waals surface area contributed by atoms with Crippen LogP contribution in [0.25, 0.3) is 11.4 Å². The Balaban J connectivity index is 1.48. The number of aromatic nitrogens is 4. The lowest BCUT2D eigenvalue weighted by Crippen LogP contribution is -2.06. The molecule has 152 valence electrons. The van der Waals surface area contributed by atoms with Crippen LogP contribution in [-0.2, 0) is 6.18 Å². The fourth-order valence-corrected chi connectivity index (χ4v) is 2.84. The maximum atomic E-state index is 13.0. The van der Waals surface area contributed by atoms with Gasteiger partial charge in [0.1, 0.15) is 11.5 Å². The summed E-state index contributed by atoms with van der Waals surface area (Å²) in [4.78, 5) is 8.19. The van der Waals surface area contributed by atoms with Crippen molar-refractivity contribution < 1.29 is 17.9 Å². The molecule has 0 unspecified atom stereocenters. The van der Waals surface area contributed by atoms with Crippen LogP contribution in [0.1, 0.15) is 5.56 Å². The molecule has 4 aromatic rings. The summed E-state index contributed by atoms with van der Waals surface area (Å²) in [5.41, 5.74) is -0.0437. The Kier molecular flexibility index (Phi) is 5.28. The van der Waals surface area contributed by atoms with E-state index in [4.69, 9.17) is 16.3 Å². The quantitative estimate of drug-likeness (QED) is 0.401. The lowest BCUT2D eigenvalue weighted by atomic mass is 10.2. The largest absolute Gasteiger partial charge is 0.457 e. The van der Waals surface area contributed by atoms with Crippen molar-refractivity contribution in [2.75, 3.05) is 5.32 Å². The minimum atomic E-state index is -4.56. The van der Waals surface area contributed by atoms with Crippen molar-refractivity contribution in [3.8, 4) is 22.9 Å². The molecule has 0 fully saturated rings. The van der Waals surface area contributed by atoms with Crippen LogP contribution in [0.3, 0.4) is 0 Å². The Morgan fingerprint density at radius 2 is 1.63 bits per heavy atom. The molecule has 30 heavy (non-hydrogen) atoms. The van der Waals surface area contributed by atoms with Gasteiger partial charge in [0, 0.05) is 23.6 Å². The molecule has 0 amide bonds. The number of nitrogens with zero attached hydrogens (tertiary/aromatic N) is 3. The number of rotatable bonds is 5. The van der Waals surface area contributed by atoms with Gasteiger partial charge < -0.3 is 10.1 Å². The third kappa shape index (κ3) is 4.52. The van der Waals surface area contributed by atoms with Gasteiger partial charge in [0.15, 0.2) is 5.82 Å². The summed E-state index contributed by atoms with van der Waals surface area (Å²) in [6.07, 6.45) is -1.30. The number of aromatic amines is 1. The van der Waals surface area contributed by atoms with Crippen LogP contribution < -0.4 is 10.1 Å². The van der Waals surface area contributed by atoms with E-state index >= 15 is 0 Å². The van der Waals surface area contributed by atoms with E-state index in [9.17, 15) is 13.2 Å². The second-order valence-electron chi connectivity index (χ2n) is 6.13. The number of anilines is 2. The van der Waals surface area contributed by atoms with Crippen LogP contribution in [0, 0.1) is 0 Å². The number of H-pyrrole nitrogens is 1. The predicted molar refractivity (Wildman–Crippen MR) is 106 cm³/mol. The Labute approximate surface area is 173 Å². The maximum absolute atomic E-state index is 13.0. The van der Waals surface area contributed by atoms with Crippen molar-refractivity contribution in [3.05, 3.63) is 77.6 Å². The molecule has 2 aromatic carbocycles. The summed E-state index contributed by atoms with van der Waals surface area (Å²) >= 11 is 5.63. The highest BCUT2D eigenvalue weighted by Gasteiger charge is 2.33. The zero-order valence-corrected chi connectivity index (χ0v) is 15.9. The van der Waals surface area contributed by atoms with Crippen molar-refractivity contribution >= 4 is 23.2 Å². The molecule has 2 N–H and O–H groups in total. The molecule has 0 aliphatic heterocycles. The Morgan fingerprint density at radius 3 is 2.33 bits per heavy atom. The number of pyridine rings is 1. The van der Waals surface area contributed by atoms with Crippen molar-refractivity contribution in [1.29, 1.82) is 0 Å². The lowest BCUT2D eigenvalue weighted by Gasteiger charge is -2.10. The van der Waals surface area contributed by atoms with E-state index in [1.165, 1.54) is 12.1 Å². The van der Waals surface area contributed by atoms with Crippen LogP contribution >= 0.6 is 11.6 Å². The molecule has 10 heteroatoms. The molecule has 0 bridgehead atoms. The van der Waals surface area contributed by atoms with Crippen molar-refractivity contribution in [2.24, 2.45) is 0 Å². The minimum absolute atomic E-state index is 0.123. The first kappa shape index (κ1) is 19.7. The lowest BCUT2D eigenvalue weighted by molar-refractivity contribution is -0.137. The molecular weight excluding hydrogens is 419 g/mol. The van der Waals surface area contributed by atoms with Gasteiger partial charge in [0.2, 0.25) is 5.95 Å². The SMILES string of the molecule is FC(F)(F)c1cc(Nc2n[nH]c(-c3ccc(Oc4ccncc4)cc3)n2)ccc1Cl. The van der Waals surface area contributed by atoms with Gasteiger partial charge in [0.25, 0.3) is 0 Å². The Bertz CT molecular complexity index is 1150. The van der Waals surface area contributed by atoms with Gasteiger partial charge in [0.05, 0.1) is 10.6 Å². The molecule has 2 heterocycles. The van der Waals surface area contributed by atoms with Crippen molar-refractivity contribution in [1.82, 2.24) is 20.2 Å². The average Bonchev–Trinajstić information content (AvgIpc) is 3.18. The molecular formula is C20H13ClF3N5O. The number of benzene rings is 2. The van der Waals surface area contributed by atoms with E-state index in [1.54, 1.807) is 48.8 Å². The molecule has 0 aliphatic rings. The number of alkyl halides is 3. The molecule has 0 saturated heterocycles. The Hall–Kier alpha value is -3.59. The normalized spacial score (nSPS) is 11.3. The summed E-state index contributed by atoms with van der Waals surface area (Å²) < 4.78 is 44.7. The second-order valence-corrected chi connectivity index (χ2v) is 6.54. The summed E-state index contributed by atoms with van der Waals surface area (Å²) in [6, 6.07) is 14.1. The number of hydrogen-bond acceptors (Lipinski definition) is 5. The van der Waals surface area contributed by atoms with Crippen LogP contribution in [0.2, 0.25) is 5.02 Å². The topological polar surface area (TPSA) is 75.7 Å². The van der Waals surface area contributed by atoms with Gasteiger partial charge in [-0.15, -0.1) is 5.10 Å². The smallest absolute Gasteiger partial charge is 0.417 e. The molecule has 0 radical (unpaired) electrons. The van der Waals surface area contributed by atoms with Gasteiger partial charge in [-0.1, -0.05) is 11.6 Å². The highest BCUT2D eigenvalue weighted by atomic mass is 35.5. The molecule has 6 nitrogen and oxygen atoms in total. The highest BCUT2D eigenvalue weighted by molar-refractivity contribution is 6.31. The van der Waals surface area contributed by atoms with E-state index in [-0.39, 0.29) is 16.7 Å². The Morgan fingerprint density at radius 1 is 0.933 bits per heavy atom. The van der Waals surface area contributed by atoms with Gasteiger partial charge in [-0.25, -0.2) is 0 Å². The number of halogens is 4. The number of nitrogens with one attached hydrogen (secondary N) is 2. The van der Waals surface area contributed by atoms with Crippen LogP contribution in [0.15, 0.2) is 67.0 Å². The molecule has 0 spiro atoms. The summed E-state index contributed by atoms with van der Waals surface area (Å²) in [5, 5.41) is 9.10. The third-order valence-electron chi connectivity index (χ3n) is 4.03. The molecule has 0 atom stereocenters.